The lowest BCUT2D eigenvalue weighted by atomic mass is 10.2. The molecule has 6 heteroatoms. The Balaban J connectivity index is 2.60. The van der Waals surface area contributed by atoms with Crippen molar-refractivity contribution in [2.24, 2.45) is 0 Å². The number of hydrogen-bond acceptors (Lipinski definition) is 4. The molecule has 2 rings (SSSR count). The van der Waals surface area contributed by atoms with E-state index in [-0.39, 0.29) is 11.5 Å². The molecule has 5 nitrogen and oxygen atoms in total. The summed E-state index contributed by atoms with van der Waals surface area (Å²) in [5.41, 5.74) is 0.181. The highest BCUT2D eigenvalue weighted by Gasteiger charge is 2.23. The predicted molar refractivity (Wildman–Crippen MR) is 79.1 cm³/mol. The van der Waals surface area contributed by atoms with Gasteiger partial charge in [0.1, 0.15) is 11.3 Å². The van der Waals surface area contributed by atoms with Crippen molar-refractivity contribution in [3.63, 3.8) is 0 Å². The molecule has 0 saturated carbocycles. The highest BCUT2D eigenvalue weighted by atomic mass is 79.9. The van der Waals surface area contributed by atoms with Crippen LogP contribution in [0.15, 0.2) is 22.7 Å². The lowest BCUT2D eigenvalue weighted by Crippen LogP contribution is -2.27. The molecule has 0 bridgehead atoms. The van der Waals surface area contributed by atoms with Crippen LogP contribution in [0.25, 0.3) is 10.9 Å². The maximum Gasteiger partial charge on any atom is 0.435 e. The van der Waals surface area contributed by atoms with Crippen molar-refractivity contribution in [2.45, 2.75) is 33.3 Å². The molecule has 106 valence electrons. The van der Waals surface area contributed by atoms with E-state index in [0.29, 0.717) is 10.9 Å². The Kier molecular flexibility index (Phi) is 3.69. The lowest BCUT2D eigenvalue weighted by Gasteiger charge is -2.19. The minimum Gasteiger partial charge on any atom is -0.442 e. The third-order valence-electron chi connectivity index (χ3n) is 2.54. The summed E-state index contributed by atoms with van der Waals surface area (Å²) in [4.78, 5) is 23.8. The Labute approximate surface area is 125 Å². The molecule has 0 spiro atoms. The average molecular weight is 339 g/mol. The number of benzene rings is 1. The van der Waals surface area contributed by atoms with Crippen LogP contribution in [0.5, 0.6) is 0 Å². The summed E-state index contributed by atoms with van der Waals surface area (Å²) in [6.45, 7) is 6.75. The maximum atomic E-state index is 12.2. The molecule has 20 heavy (non-hydrogen) atoms. The number of ether oxygens (including phenoxy) is 1. The first kappa shape index (κ1) is 14.7. The molecular weight excluding hydrogens is 324 g/mol. The molecule has 0 aliphatic carbocycles. The van der Waals surface area contributed by atoms with Crippen molar-refractivity contribution in [3.8, 4) is 0 Å². The molecule has 0 aliphatic rings. The van der Waals surface area contributed by atoms with Crippen LogP contribution in [-0.4, -0.2) is 27.3 Å². The average Bonchev–Trinajstić information content (AvgIpc) is 2.65. The van der Waals surface area contributed by atoms with Gasteiger partial charge >= 0.3 is 6.09 Å². The third-order valence-corrected chi connectivity index (χ3v) is 3.04. The number of nitrogens with zero attached hydrogens (tertiary/aromatic N) is 2. The summed E-state index contributed by atoms with van der Waals surface area (Å²) in [5, 5.41) is 4.71. The van der Waals surface area contributed by atoms with E-state index in [0.717, 1.165) is 9.15 Å². The van der Waals surface area contributed by atoms with E-state index in [4.69, 9.17) is 4.74 Å². The molecule has 0 amide bonds. The zero-order chi connectivity index (χ0) is 15.1. The van der Waals surface area contributed by atoms with Gasteiger partial charge in [-0.05, 0) is 39.0 Å². The molecule has 0 radical (unpaired) electrons. The number of rotatable bonds is 1. The van der Waals surface area contributed by atoms with Crippen molar-refractivity contribution < 1.29 is 14.3 Å². The standard InChI is InChI=1S/C14H15BrN2O3/c1-8(18)12-10-7-9(15)5-6-11(10)17(16-12)13(19)20-14(2,3)4/h5-7H,1-4H3. The summed E-state index contributed by atoms with van der Waals surface area (Å²) in [6.07, 6.45) is -0.600. The van der Waals surface area contributed by atoms with Gasteiger partial charge in [-0.15, -0.1) is 0 Å². The zero-order valence-electron chi connectivity index (χ0n) is 11.7. The van der Waals surface area contributed by atoms with Crippen molar-refractivity contribution in [2.75, 3.05) is 0 Å². The Morgan fingerprint density at radius 1 is 1.30 bits per heavy atom. The van der Waals surface area contributed by atoms with Crippen LogP contribution >= 0.6 is 15.9 Å². The summed E-state index contributed by atoms with van der Waals surface area (Å²) in [7, 11) is 0. The first-order chi connectivity index (χ1) is 9.19. The minimum absolute atomic E-state index is 0.199. The topological polar surface area (TPSA) is 61.2 Å². The van der Waals surface area contributed by atoms with Gasteiger partial charge in [0.2, 0.25) is 0 Å². The lowest BCUT2D eigenvalue weighted by molar-refractivity contribution is 0.0522. The van der Waals surface area contributed by atoms with Gasteiger partial charge in [-0.1, -0.05) is 15.9 Å². The molecule has 0 N–H and O–H groups in total. The van der Waals surface area contributed by atoms with E-state index in [1.807, 2.05) is 0 Å². The van der Waals surface area contributed by atoms with E-state index >= 15 is 0 Å². The van der Waals surface area contributed by atoms with Crippen LogP contribution in [0, 0.1) is 0 Å². The van der Waals surface area contributed by atoms with Gasteiger partial charge in [-0.2, -0.15) is 9.78 Å². The van der Waals surface area contributed by atoms with Gasteiger partial charge in [0.15, 0.2) is 5.78 Å². The molecule has 0 atom stereocenters. The Morgan fingerprint density at radius 3 is 2.50 bits per heavy atom. The monoisotopic (exact) mass is 338 g/mol. The molecule has 0 unspecified atom stereocenters. The van der Waals surface area contributed by atoms with Crippen LogP contribution in [0.4, 0.5) is 4.79 Å². The van der Waals surface area contributed by atoms with Crippen LogP contribution in [0.2, 0.25) is 0 Å². The van der Waals surface area contributed by atoms with E-state index in [2.05, 4.69) is 21.0 Å². The molecule has 0 fully saturated rings. The molecule has 0 saturated heterocycles. The van der Waals surface area contributed by atoms with Gasteiger partial charge in [0.05, 0.1) is 5.52 Å². The van der Waals surface area contributed by atoms with E-state index in [1.165, 1.54) is 6.92 Å². The van der Waals surface area contributed by atoms with Gasteiger partial charge in [0.25, 0.3) is 0 Å². The molecule has 1 heterocycles. The highest BCUT2D eigenvalue weighted by Crippen LogP contribution is 2.24. The second-order valence-electron chi connectivity index (χ2n) is 5.46. The van der Waals surface area contributed by atoms with Crippen molar-refractivity contribution in [1.29, 1.82) is 0 Å². The number of halogens is 1. The number of carbonyl (C=O) groups excluding carboxylic acids is 2. The number of hydrogen-bond donors (Lipinski definition) is 0. The quantitative estimate of drug-likeness (QED) is 0.742. The fourth-order valence-electron chi connectivity index (χ4n) is 1.79. The second kappa shape index (κ2) is 5.01. The fourth-order valence-corrected chi connectivity index (χ4v) is 2.16. The van der Waals surface area contributed by atoms with Gasteiger partial charge in [-0.25, -0.2) is 4.79 Å². The fraction of sp³-hybridized carbons (Fsp3) is 0.357. The molecule has 1 aromatic carbocycles. The number of Topliss-reactive ketones (excluding diaryl/α,β-unsaturated/α-hetero) is 1. The third kappa shape index (κ3) is 2.90. The van der Waals surface area contributed by atoms with E-state index in [1.54, 1.807) is 39.0 Å². The van der Waals surface area contributed by atoms with Crippen molar-refractivity contribution in [1.82, 2.24) is 9.78 Å². The summed E-state index contributed by atoms with van der Waals surface area (Å²) in [6, 6.07) is 5.28. The van der Waals surface area contributed by atoms with E-state index < -0.39 is 11.7 Å². The Bertz CT molecular complexity index is 698. The van der Waals surface area contributed by atoms with Crippen LogP contribution in [0.1, 0.15) is 38.2 Å². The Hall–Kier alpha value is -1.69. The molecule has 1 aromatic heterocycles. The van der Waals surface area contributed by atoms with Crippen molar-refractivity contribution >= 4 is 38.7 Å². The largest absolute Gasteiger partial charge is 0.442 e. The summed E-state index contributed by atoms with van der Waals surface area (Å²) < 4.78 is 7.24. The Morgan fingerprint density at radius 2 is 1.95 bits per heavy atom. The summed E-state index contributed by atoms with van der Waals surface area (Å²) in [5.74, 6) is -0.199. The maximum absolute atomic E-state index is 12.2. The SMILES string of the molecule is CC(=O)c1nn(C(=O)OC(C)(C)C)c2ccc(Br)cc12. The van der Waals surface area contributed by atoms with Crippen LogP contribution in [-0.2, 0) is 4.74 Å². The van der Waals surface area contributed by atoms with E-state index in [9.17, 15) is 9.59 Å². The number of ketones is 1. The molecule has 0 aliphatic heterocycles. The highest BCUT2D eigenvalue weighted by molar-refractivity contribution is 9.10. The van der Waals surface area contributed by atoms with Gasteiger partial charge in [0, 0.05) is 16.8 Å². The number of aromatic nitrogens is 2. The number of carbonyl (C=O) groups is 2. The molecular formula is C14H15BrN2O3. The van der Waals surface area contributed by atoms with Gasteiger partial charge < -0.3 is 4.74 Å². The zero-order valence-corrected chi connectivity index (χ0v) is 13.3. The second-order valence-corrected chi connectivity index (χ2v) is 6.37. The van der Waals surface area contributed by atoms with Crippen molar-refractivity contribution in [3.05, 3.63) is 28.4 Å². The predicted octanol–water partition coefficient (Wildman–Crippen LogP) is 3.78. The van der Waals surface area contributed by atoms with Gasteiger partial charge in [-0.3, -0.25) is 4.79 Å². The normalized spacial score (nSPS) is 11.7. The first-order valence-corrected chi connectivity index (χ1v) is 6.91. The van der Waals surface area contributed by atoms with Crippen LogP contribution < -0.4 is 0 Å². The number of fused-ring (bicyclic) bond motifs is 1. The van der Waals surface area contributed by atoms with Crippen LogP contribution in [0.3, 0.4) is 0 Å². The smallest absolute Gasteiger partial charge is 0.435 e. The summed E-state index contributed by atoms with van der Waals surface area (Å²) >= 11 is 3.35. The minimum atomic E-state index is -0.624. The molecule has 2 aromatic rings. The first-order valence-electron chi connectivity index (χ1n) is 6.11.